The molecule has 2 aromatic heterocycles. The zero-order valence-electron chi connectivity index (χ0n) is 13.8. The van der Waals surface area contributed by atoms with E-state index in [2.05, 4.69) is 9.97 Å². The van der Waals surface area contributed by atoms with Crippen LogP contribution in [0.15, 0.2) is 24.7 Å². The van der Waals surface area contributed by atoms with Crippen molar-refractivity contribution in [3.63, 3.8) is 0 Å². The molecular formula is C16H20ClN5O2. The van der Waals surface area contributed by atoms with Crippen molar-refractivity contribution in [2.24, 2.45) is 7.05 Å². The molecule has 1 amide bonds. The summed E-state index contributed by atoms with van der Waals surface area (Å²) in [6, 6.07) is 1.68. The van der Waals surface area contributed by atoms with Crippen molar-refractivity contribution in [1.82, 2.24) is 19.4 Å². The van der Waals surface area contributed by atoms with Crippen LogP contribution in [-0.2, 0) is 18.3 Å². The third kappa shape index (κ3) is 3.52. The maximum Gasteiger partial charge on any atom is 0.255 e. The van der Waals surface area contributed by atoms with Crippen LogP contribution in [0, 0.1) is 0 Å². The smallest absolute Gasteiger partial charge is 0.255 e. The van der Waals surface area contributed by atoms with Crippen LogP contribution < -0.4 is 4.90 Å². The van der Waals surface area contributed by atoms with E-state index in [1.807, 2.05) is 29.8 Å². The molecule has 7 nitrogen and oxygen atoms in total. The second kappa shape index (κ2) is 7.19. The maximum absolute atomic E-state index is 12.5. The molecule has 0 aromatic carbocycles. The molecule has 0 atom stereocenters. The second-order valence-corrected chi connectivity index (χ2v) is 6.15. The number of anilines is 1. The number of halogens is 1. The van der Waals surface area contributed by atoms with E-state index in [1.54, 1.807) is 23.4 Å². The number of carbonyl (C=O) groups is 1. The van der Waals surface area contributed by atoms with E-state index in [1.165, 1.54) is 0 Å². The van der Waals surface area contributed by atoms with Crippen LogP contribution in [0.1, 0.15) is 16.2 Å². The van der Waals surface area contributed by atoms with Crippen molar-refractivity contribution in [2.75, 3.05) is 38.3 Å². The number of carbonyl (C=O) groups excluding carboxylic acids is 1. The Kier molecular flexibility index (Phi) is 5.01. The fourth-order valence-corrected chi connectivity index (χ4v) is 2.92. The van der Waals surface area contributed by atoms with Gasteiger partial charge in [-0.1, -0.05) is 11.6 Å². The largest absolute Gasteiger partial charge is 0.378 e. The number of aryl methyl sites for hydroxylation is 1. The van der Waals surface area contributed by atoms with Crippen molar-refractivity contribution >= 4 is 23.3 Å². The number of hydrogen-bond acceptors (Lipinski definition) is 5. The van der Waals surface area contributed by atoms with E-state index in [4.69, 9.17) is 16.3 Å². The molecule has 24 heavy (non-hydrogen) atoms. The third-order valence-corrected chi connectivity index (χ3v) is 4.31. The fraction of sp³-hybridized carbons (Fsp3) is 0.438. The van der Waals surface area contributed by atoms with Gasteiger partial charge in [0.1, 0.15) is 11.6 Å². The van der Waals surface area contributed by atoms with Gasteiger partial charge in [0.2, 0.25) is 0 Å². The van der Waals surface area contributed by atoms with E-state index >= 15 is 0 Å². The number of amides is 1. The lowest BCUT2D eigenvalue weighted by atomic mass is 10.2. The number of nitrogens with zero attached hydrogens (tertiary/aromatic N) is 5. The first kappa shape index (κ1) is 16.7. The predicted molar refractivity (Wildman–Crippen MR) is 91.3 cm³/mol. The summed E-state index contributed by atoms with van der Waals surface area (Å²) in [5.41, 5.74) is 0.496. The van der Waals surface area contributed by atoms with Gasteiger partial charge in [-0.2, -0.15) is 0 Å². The highest BCUT2D eigenvalue weighted by Crippen LogP contribution is 2.25. The maximum atomic E-state index is 12.5. The van der Waals surface area contributed by atoms with E-state index in [0.29, 0.717) is 49.3 Å². The first-order valence-corrected chi connectivity index (χ1v) is 8.14. The molecule has 3 rings (SSSR count). The van der Waals surface area contributed by atoms with Crippen LogP contribution in [0.3, 0.4) is 0 Å². The Labute approximate surface area is 145 Å². The number of ether oxygens (including phenoxy) is 1. The molecule has 2 aromatic rings. The normalized spacial score (nSPS) is 14.7. The fourth-order valence-electron chi connectivity index (χ4n) is 2.61. The molecule has 0 saturated carbocycles. The zero-order chi connectivity index (χ0) is 17.1. The van der Waals surface area contributed by atoms with Crippen molar-refractivity contribution < 1.29 is 9.53 Å². The first-order chi connectivity index (χ1) is 11.6. The molecule has 0 N–H and O–H groups in total. The van der Waals surface area contributed by atoms with Gasteiger partial charge < -0.3 is 19.1 Å². The SMILES string of the molecule is CN(Cc1nccn1C)c1ncc(C(=O)N2CCOCC2)cc1Cl. The molecule has 0 bridgehead atoms. The molecule has 128 valence electrons. The van der Waals surface area contributed by atoms with E-state index < -0.39 is 0 Å². The Hall–Kier alpha value is -2.12. The Bertz CT molecular complexity index is 727. The summed E-state index contributed by atoms with van der Waals surface area (Å²) in [5, 5.41) is 0.450. The van der Waals surface area contributed by atoms with Crippen molar-refractivity contribution in [1.29, 1.82) is 0 Å². The van der Waals surface area contributed by atoms with Crippen molar-refractivity contribution in [3.05, 3.63) is 41.1 Å². The van der Waals surface area contributed by atoms with E-state index in [0.717, 1.165) is 5.82 Å². The Morgan fingerprint density at radius 1 is 1.38 bits per heavy atom. The molecule has 0 radical (unpaired) electrons. The minimum absolute atomic E-state index is 0.0639. The topological polar surface area (TPSA) is 63.5 Å². The van der Waals surface area contributed by atoms with Gasteiger partial charge in [0.25, 0.3) is 5.91 Å². The Morgan fingerprint density at radius 3 is 2.75 bits per heavy atom. The van der Waals surface area contributed by atoms with Crippen molar-refractivity contribution in [3.8, 4) is 0 Å². The Morgan fingerprint density at radius 2 is 2.12 bits per heavy atom. The number of hydrogen-bond donors (Lipinski definition) is 0. The highest BCUT2D eigenvalue weighted by atomic mass is 35.5. The number of pyridine rings is 1. The highest BCUT2D eigenvalue weighted by Gasteiger charge is 2.20. The number of rotatable bonds is 4. The van der Waals surface area contributed by atoms with Crippen LogP contribution in [0.4, 0.5) is 5.82 Å². The molecule has 0 spiro atoms. The average Bonchev–Trinajstić information content (AvgIpc) is 2.99. The van der Waals surface area contributed by atoms with Gasteiger partial charge in [-0.3, -0.25) is 4.79 Å². The van der Waals surface area contributed by atoms with E-state index in [9.17, 15) is 4.79 Å². The average molecular weight is 350 g/mol. The highest BCUT2D eigenvalue weighted by molar-refractivity contribution is 6.33. The summed E-state index contributed by atoms with van der Waals surface area (Å²) in [4.78, 5) is 24.8. The van der Waals surface area contributed by atoms with Crippen LogP contribution in [0.5, 0.6) is 0 Å². The molecule has 1 aliphatic rings. The summed E-state index contributed by atoms with van der Waals surface area (Å²) >= 11 is 6.36. The van der Waals surface area contributed by atoms with Gasteiger partial charge in [0.15, 0.2) is 0 Å². The summed E-state index contributed by atoms with van der Waals surface area (Å²) in [6.07, 6.45) is 5.22. The van der Waals surface area contributed by atoms with Crippen molar-refractivity contribution in [2.45, 2.75) is 6.54 Å². The quantitative estimate of drug-likeness (QED) is 0.838. The lowest BCUT2D eigenvalue weighted by molar-refractivity contribution is 0.0302. The zero-order valence-corrected chi connectivity index (χ0v) is 14.5. The van der Waals surface area contributed by atoms with Gasteiger partial charge in [0, 0.05) is 45.8 Å². The van der Waals surface area contributed by atoms with E-state index in [-0.39, 0.29) is 5.91 Å². The summed E-state index contributed by atoms with van der Waals surface area (Å²) in [7, 11) is 3.83. The van der Waals surface area contributed by atoms with Crippen LogP contribution >= 0.6 is 11.6 Å². The van der Waals surface area contributed by atoms with Gasteiger partial charge >= 0.3 is 0 Å². The summed E-state index contributed by atoms with van der Waals surface area (Å²) in [6.45, 7) is 2.90. The molecule has 1 aliphatic heterocycles. The summed E-state index contributed by atoms with van der Waals surface area (Å²) < 4.78 is 7.21. The van der Waals surface area contributed by atoms with Gasteiger partial charge in [-0.15, -0.1) is 0 Å². The predicted octanol–water partition coefficient (Wildman–Crippen LogP) is 1.58. The summed E-state index contributed by atoms with van der Waals surface area (Å²) in [5.74, 6) is 1.47. The number of imidazole rings is 1. The lowest BCUT2D eigenvalue weighted by Gasteiger charge is -2.27. The van der Waals surface area contributed by atoms with Gasteiger partial charge in [-0.25, -0.2) is 9.97 Å². The Balaban J connectivity index is 1.74. The lowest BCUT2D eigenvalue weighted by Crippen LogP contribution is -2.40. The second-order valence-electron chi connectivity index (χ2n) is 5.74. The van der Waals surface area contributed by atoms with Gasteiger partial charge in [-0.05, 0) is 6.07 Å². The molecule has 1 saturated heterocycles. The molecule has 8 heteroatoms. The number of morpholine rings is 1. The minimum Gasteiger partial charge on any atom is -0.378 e. The number of aromatic nitrogens is 3. The van der Waals surface area contributed by atoms with Gasteiger partial charge in [0.05, 0.1) is 30.3 Å². The molecule has 3 heterocycles. The van der Waals surface area contributed by atoms with Crippen LogP contribution in [0.25, 0.3) is 0 Å². The van der Waals surface area contributed by atoms with Crippen LogP contribution in [0.2, 0.25) is 5.02 Å². The molecule has 1 fully saturated rings. The standard InChI is InChI=1S/C16H20ClN5O2/c1-20-4-3-18-14(20)11-21(2)15-13(17)9-12(10-19-15)16(23)22-5-7-24-8-6-22/h3-4,9-10H,5-8,11H2,1-2H3. The first-order valence-electron chi connectivity index (χ1n) is 7.76. The molecule has 0 unspecified atom stereocenters. The minimum atomic E-state index is -0.0639. The molecule has 0 aliphatic carbocycles. The van der Waals surface area contributed by atoms with Crippen LogP contribution in [-0.4, -0.2) is 58.7 Å². The third-order valence-electron chi connectivity index (χ3n) is 4.03. The monoisotopic (exact) mass is 349 g/mol. The molecular weight excluding hydrogens is 330 g/mol.